The molecule has 0 atom stereocenters. The van der Waals surface area contributed by atoms with Crippen LogP contribution in [0.3, 0.4) is 0 Å². The molecule has 114 valence electrons. The average molecular weight is 296 g/mol. The molecule has 0 aliphatic heterocycles. The van der Waals surface area contributed by atoms with Gasteiger partial charge in [-0.1, -0.05) is 26.7 Å². The Balaban J connectivity index is 2.39. The number of hydrogen-bond acceptors (Lipinski definition) is 3. The summed E-state index contributed by atoms with van der Waals surface area (Å²) in [5.74, 6) is 1.61. The zero-order chi connectivity index (χ0) is 14.8. The number of aliphatic imine (C=N–C) groups is 1. The summed E-state index contributed by atoms with van der Waals surface area (Å²) in [7, 11) is 0. The molecular formula is C15H28N4S. The van der Waals surface area contributed by atoms with E-state index in [9.17, 15) is 0 Å². The second-order valence-electron chi connectivity index (χ2n) is 4.94. The molecule has 1 aromatic rings. The van der Waals surface area contributed by atoms with Crippen molar-refractivity contribution in [3.63, 3.8) is 0 Å². The first-order chi connectivity index (χ1) is 9.69. The maximum atomic E-state index is 4.67. The molecule has 0 spiro atoms. The Morgan fingerprint density at radius 2 is 2.05 bits per heavy atom. The van der Waals surface area contributed by atoms with Gasteiger partial charge in [-0.05, 0) is 19.8 Å². The summed E-state index contributed by atoms with van der Waals surface area (Å²) in [6, 6.07) is 0. The molecule has 0 aromatic carbocycles. The number of nitrogens with one attached hydrogen (secondary N) is 2. The Bertz CT molecular complexity index is 396. The van der Waals surface area contributed by atoms with Gasteiger partial charge in [0.25, 0.3) is 0 Å². The van der Waals surface area contributed by atoms with E-state index in [1.54, 1.807) is 11.3 Å². The fourth-order valence-corrected chi connectivity index (χ4v) is 2.70. The molecule has 0 aliphatic carbocycles. The monoisotopic (exact) mass is 296 g/mol. The first kappa shape index (κ1) is 17.0. The van der Waals surface area contributed by atoms with E-state index >= 15 is 0 Å². The van der Waals surface area contributed by atoms with Crippen LogP contribution in [-0.2, 0) is 6.42 Å². The van der Waals surface area contributed by atoms with E-state index in [2.05, 4.69) is 48.3 Å². The predicted octanol–water partition coefficient (Wildman–Crippen LogP) is 2.99. The Morgan fingerprint density at radius 3 is 2.60 bits per heavy atom. The minimum Gasteiger partial charge on any atom is -0.357 e. The van der Waals surface area contributed by atoms with Crippen molar-refractivity contribution in [1.82, 2.24) is 15.6 Å². The van der Waals surface area contributed by atoms with Crippen molar-refractivity contribution < 1.29 is 0 Å². The highest BCUT2D eigenvalue weighted by atomic mass is 32.1. The van der Waals surface area contributed by atoms with Crippen LogP contribution < -0.4 is 10.6 Å². The van der Waals surface area contributed by atoms with E-state index < -0.39 is 0 Å². The van der Waals surface area contributed by atoms with E-state index in [0.717, 1.165) is 32.0 Å². The summed E-state index contributed by atoms with van der Waals surface area (Å²) >= 11 is 1.77. The molecule has 1 heterocycles. The average Bonchev–Trinajstić information content (AvgIpc) is 2.85. The van der Waals surface area contributed by atoms with Crippen molar-refractivity contribution in [3.8, 4) is 0 Å². The zero-order valence-corrected chi connectivity index (χ0v) is 14.0. The molecule has 20 heavy (non-hydrogen) atoms. The summed E-state index contributed by atoms with van der Waals surface area (Å²) in [4.78, 5) is 10.3. The molecule has 1 aromatic heterocycles. The Morgan fingerprint density at radius 1 is 1.30 bits per heavy atom. The van der Waals surface area contributed by atoms with Gasteiger partial charge in [0.2, 0.25) is 0 Å². The minimum absolute atomic E-state index is 0.687. The van der Waals surface area contributed by atoms with Crippen LogP contribution in [0.1, 0.15) is 43.5 Å². The molecule has 0 aliphatic rings. The van der Waals surface area contributed by atoms with Crippen molar-refractivity contribution in [2.24, 2.45) is 10.9 Å². The second-order valence-corrected chi connectivity index (χ2v) is 6.26. The van der Waals surface area contributed by atoms with Crippen LogP contribution in [0.15, 0.2) is 11.2 Å². The molecule has 1 rings (SSSR count). The third kappa shape index (κ3) is 6.37. The molecule has 2 N–H and O–H groups in total. The summed E-state index contributed by atoms with van der Waals surface area (Å²) in [6.45, 7) is 11.3. The van der Waals surface area contributed by atoms with Gasteiger partial charge in [0.05, 0.1) is 5.01 Å². The number of rotatable bonds is 8. The van der Waals surface area contributed by atoms with Crippen molar-refractivity contribution in [2.75, 3.05) is 19.6 Å². The van der Waals surface area contributed by atoms with Crippen molar-refractivity contribution in [1.29, 1.82) is 0 Å². The highest BCUT2D eigenvalue weighted by molar-refractivity contribution is 7.11. The third-order valence-corrected chi connectivity index (χ3v) is 4.28. The SMILES string of the molecule is CCNC(=NCC(CC)CC)NCCc1ncc(C)s1. The molecule has 0 saturated carbocycles. The maximum absolute atomic E-state index is 4.67. The first-order valence-corrected chi connectivity index (χ1v) is 8.44. The number of hydrogen-bond donors (Lipinski definition) is 2. The predicted molar refractivity (Wildman–Crippen MR) is 88.6 cm³/mol. The Labute approximate surface area is 127 Å². The smallest absolute Gasteiger partial charge is 0.191 e. The number of nitrogens with zero attached hydrogens (tertiary/aromatic N) is 2. The molecular weight excluding hydrogens is 268 g/mol. The third-order valence-electron chi connectivity index (χ3n) is 3.31. The van der Waals surface area contributed by atoms with Crippen LogP contribution in [-0.4, -0.2) is 30.6 Å². The van der Waals surface area contributed by atoms with Crippen LogP contribution in [0.5, 0.6) is 0 Å². The summed E-state index contributed by atoms with van der Waals surface area (Å²) < 4.78 is 0. The van der Waals surface area contributed by atoms with Crippen molar-refractivity contribution >= 4 is 17.3 Å². The lowest BCUT2D eigenvalue weighted by Crippen LogP contribution is -2.38. The van der Waals surface area contributed by atoms with Gasteiger partial charge in [0.1, 0.15) is 0 Å². The van der Waals surface area contributed by atoms with Crippen molar-refractivity contribution in [3.05, 3.63) is 16.1 Å². The highest BCUT2D eigenvalue weighted by Gasteiger charge is 2.04. The standard InChI is InChI=1S/C15H28N4S/c1-5-13(6-2)11-19-15(16-7-3)17-9-8-14-18-10-12(4)20-14/h10,13H,5-9,11H2,1-4H3,(H2,16,17,19). The molecule has 0 fully saturated rings. The molecule has 5 heteroatoms. The van der Waals surface area contributed by atoms with Crippen LogP contribution in [0.2, 0.25) is 0 Å². The topological polar surface area (TPSA) is 49.3 Å². The lowest BCUT2D eigenvalue weighted by molar-refractivity contribution is 0.504. The Kier molecular flexibility index (Phi) is 8.26. The quantitative estimate of drug-likeness (QED) is 0.573. The molecule has 0 bridgehead atoms. The zero-order valence-electron chi connectivity index (χ0n) is 13.2. The van der Waals surface area contributed by atoms with Gasteiger partial charge >= 0.3 is 0 Å². The molecule has 0 saturated heterocycles. The van der Waals surface area contributed by atoms with E-state index in [0.29, 0.717) is 5.92 Å². The van der Waals surface area contributed by atoms with E-state index in [4.69, 9.17) is 0 Å². The van der Waals surface area contributed by atoms with Crippen LogP contribution in [0, 0.1) is 12.8 Å². The van der Waals surface area contributed by atoms with Gasteiger partial charge in [0, 0.05) is 37.1 Å². The summed E-state index contributed by atoms with van der Waals surface area (Å²) in [5.41, 5.74) is 0. The number of aromatic nitrogens is 1. The van der Waals surface area contributed by atoms with Gasteiger partial charge in [0.15, 0.2) is 5.96 Å². The number of thiazole rings is 1. The van der Waals surface area contributed by atoms with E-state index in [1.807, 2.05) is 6.20 Å². The number of guanidine groups is 1. The first-order valence-electron chi connectivity index (χ1n) is 7.63. The lowest BCUT2D eigenvalue weighted by atomic mass is 10.0. The van der Waals surface area contributed by atoms with E-state index in [1.165, 1.54) is 22.7 Å². The number of aryl methyl sites for hydroxylation is 1. The molecule has 0 radical (unpaired) electrons. The van der Waals surface area contributed by atoms with Gasteiger partial charge in [-0.25, -0.2) is 4.98 Å². The molecule has 4 nitrogen and oxygen atoms in total. The van der Waals surface area contributed by atoms with Crippen LogP contribution >= 0.6 is 11.3 Å². The van der Waals surface area contributed by atoms with Crippen LogP contribution in [0.25, 0.3) is 0 Å². The fraction of sp³-hybridized carbons (Fsp3) is 0.733. The normalized spacial score (nSPS) is 11.9. The van der Waals surface area contributed by atoms with Gasteiger partial charge in [-0.15, -0.1) is 11.3 Å². The van der Waals surface area contributed by atoms with Crippen molar-refractivity contribution in [2.45, 2.75) is 47.0 Å². The summed E-state index contributed by atoms with van der Waals surface area (Å²) in [5, 5.41) is 7.87. The lowest BCUT2D eigenvalue weighted by Gasteiger charge is -2.13. The Hall–Kier alpha value is -1.10. The maximum Gasteiger partial charge on any atom is 0.191 e. The van der Waals surface area contributed by atoms with Gasteiger partial charge in [-0.2, -0.15) is 0 Å². The fourth-order valence-electron chi connectivity index (χ4n) is 1.91. The summed E-state index contributed by atoms with van der Waals surface area (Å²) in [6.07, 6.45) is 5.27. The molecule has 0 amide bonds. The van der Waals surface area contributed by atoms with Gasteiger partial charge < -0.3 is 10.6 Å². The molecule has 0 unspecified atom stereocenters. The van der Waals surface area contributed by atoms with Gasteiger partial charge in [-0.3, -0.25) is 4.99 Å². The second kappa shape index (κ2) is 9.75. The largest absolute Gasteiger partial charge is 0.357 e. The highest BCUT2D eigenvalue weighted by Crippen LogP contribution is 2.11. The van der Waals surface area contributed by atoms with Crippen LogP contribution in [0.4, 0.5) is 0 Å². The minimum atomic E-state index is 0.687. The van der Waals surface area contributed by atoms with E-state index in [-0.39, 0.29) is 0 Å².